The van der Waals surface area contributed by atoms with Crippen LogP contribution in [-0.4, -0.2) is 15.7 Å². The van der Waals surface area contributed by atoms with E-state index in [2.05, 4.69) is 16.5 Å². The molecule has 0 aliphatic rings. The van der Waals surface area contributed by atoms with Crippen LogP contribution >= 0.6 is 23.4 Å². The molecule has 0 saturated heterocycles. The topological polar surface area (TPSA) is 25.8 Å². The first-order valence-electron chi connectivity index (χ1n) is 3.89. The monoisotopic (exact) mass is 214 g/mol. The summed E-state index contributed by atoms with van der Waals surface area (Å²) in [5.74, 6) is 0.802. The van der Waals surface area contributed by atoms with Crippen molar-refractivity contribution in [3.63, 3.8) is 0 Å². The molecule has 0 N–H and O–H groups in total. The Balaban J connectivity index is 2.94. The Bertz CT molecular complexity index is 326. The summed E-state index contributed by atoms with van der Waals surface area (Å²) in [4.78, 5) is 8.50. The number of aromatic nitrogens is 2. The van der Waals surface area contributed by atoms with Crippen molar-refractivity contribution in [1.82, 2.24) is 9.97 Å². The number of rotatable bonds is 3. The normalized spacial score (nSPS) is 10.1. The SMILES string of the molecule is C=CCSc1nc(C)c(C)nc1Cl. The van der Waals surface area contributed by atoms with Gasteiger partial charge in [-0.15, -0.1) is 6.58 Å². The summed E-state index contributed by atoms with van der Waals surface area (Å²) in [5.41, 5.74) is 1.81. The van der Waals surface area contributed by atoms with Gasteiger partial charge in [0.15, 0.2) is 5.15 Å². The van der Waals surface area contributed by atoms with Crippen LogP contribution in [0.15, 0.2) is 17.7 Å². The van der Waals surface area contributed by atoms with Crippen LogP contribution in [-0.2, 0) is 0 Å². The lowest BCUT2D eigenvalue weighted by Crippen LogP contribution is -1.95. The molecule has 0 unspecified atom stereocenters. The molecule has 13 heavy (non-hydrogen) atoms. The van der Waals surface area contributed by atoms with Gasteiger partial charge in [0.25, 0.3) is 0 Å². The van der Waals surface area contributed by atoms with Crippen LogP contribution < -0.4 is 0 Å². The molecule has 0 aliphatic carbocycles. The van der Waals surface area contributed by atoms with E-state index in [-0.39, 0.29) is 0 Å². The number of thioether (sulfide) groups is 1. The van der Waals surface area contributed by atoms with Gasteiger partial charge < -0.3 is 0 Å². The molecule has 0 atom stereocenters. The zero-order chi connectivity index (χ0) is 9.84. The predicted molar refractivity (Wildman–Crippen MR) is 57.4 cm³/mol. The van der Waals surface area contributed by atoms with Crippen molar-refractivity contribution >= 4 is 23.4 Å². The van der Waals surface area contributed by atoms with Gasteiger partial charge in [-0.05, 0) is 13.8 Å². The Hall–Kier alpha value is -0.540. The minimum absolute atomic E-state index is 0.481. The maximum atomic E-state index is 5.91. The highest BCUT2D eigenvalue weighted by Gasteiger charge is 2.06. The lowest BCUT2D eigenvalue weighted by Gasteiger charge is -2.04. The number of nitrogens with zero attached hydrogens (tertiary/aromatic N) is 2. The van der Waals surface area contributed by atoms with E-state index >= 15 is 0 Å². The van der Waals surface area contributed by atoms with Crippen molar-refractivity contribution < 1.29 is 0 Å². The fourth-order valence-electron chi connectivity index (χ4n) is 0.785. The van der Waals surface area contributed by atoms with Crippen LogP contribution in [0.1, 0.15) is 11.4 Å². The van der Waals surface area contributed by atoms with Crippen LogP contribution in [0.3, 0.4) is 0 Å². The van der Waals surface area contributed by atoms with E-state index in [4.69, 9.17) is 11.6 Å². The van der Waals surface area contributed by atoms with Gasteiger partial charge in [0.05, 0.1) is 11.4 Å². The highest BCUT2D eigenvalue weighted by atomic mass is 35.5. The fourth-order valence-corrected chi connectivity index (χ4v) is 1.76. The molecule has 4 heteroatoms. The van der Waals surface area contributed by atoms with Gasteiger partial charge in [0, 0.05) is 5.75 Å². The molecule has 2 nitrogen and oxygen atoms in total. The van der Waals surface area contributed by atoms with Gasteiger partial charge in [0.1, 0.15) is 5.03 Å². The van der Waals surface area contributed by atoms with Crippen molar-refractivity contribution in [2.45, 2.75) is 18.9 Å². The molecule has 0 aliphatic heterocycles. The summed E-state index contributed by atoms with van der Waals surface area (Å²) >= 11 is 7.45. The van der Waals surface area contributed by atoms with E-state index in [0.717, 1.165) is 22.2 Å². The number of hydrogen-bond acceptors (Lipinski definition) is 3. The van der Waals surface area contributed by atoms with E-state index in [1.165, 1.54) is 0 Å². The molecule has 1 aromatic rings. The Kier molecular flexibility index (Phi) is 3.75. The zero-order valence-electron chi connectivity index (χ0n) is 7.67. The molecule has 70 valence electrons. The standard InChI is InChI=1S/C9H11ClN2S/c1-4-5-13-9-8(10)11-6(2)7(3)12-9/h4H,1,5H2,2-3H3. The van der Waals surface area contributed by atoms with Gasteiger partial charge in [-0.3, -0.25) is 0 Å². The molecule has 0 radical (unpaired) electrons. The van der Waals surface area contributed by atoms with E-state index in [1.807, 2.05) is 19.9 Å². The number of halogens is 1. The lowest BCUT2D eigenvalue weighted by molar-refractivity contribution is 0.959. The Morgan fingerprint density at radius 3 is 2.62 bits per heavy atom. The Morgan fingerprint density at radius 1 is 1.38 bits per heavy atom. The first-order valence-corrected chi connectivity index (χ1v) is 5.26. The van der Waals surface area contributed by atoms with E-state index in [1.54, 1.807) is 11.8 Å². The van der Waals surface area contributed by atoms with Crippen LogP contribution in [0.5, 0.6) is 0 Å². The molecular weight excluding hydrogens is 204 g/mol. The molecular formula is C9H11ClN2S. The first-order chi connectivity index (χ1) is 6.15. The quantitative estimate of drug-likeness (QED) is 0.572. The van der Waals surface area contributed by atoms with Crippen molar-refractivity contribution in [2.75, 3.05) is 5.75 Å². The average molecular weight is 215 g/mol. The molecule has 0 bridgehead atoms. The molecule has 0 aromatic carbocycles. The average Bonchev–Trinajstić information content (AvgIpc) is 2.09. The molecule has 0 spiro atoms. The largest absolute Gasteiger partial charge is 0.242 e. The second kappa shape index (κ2) is 4.63. The van der Waals surface area contributed by atoms with Crippen molar-refractivity contribution in [2.24, 2.45) is 0 Å². The summed E-state index contributed by atoms with van der Waals surface area (Å²) in [5, 5.41) is 1.26. The molecule has 0 amide bonds. The van der Waals surface area contributed by atoms with E-state index < -0.39 is 0 Å². The zero-order valence-corrected chi connectivity index (χ0v) is 9.24. The molecule has 0 saturated carbocycles. The Morgan fingerprint density at radius 2 is 2.00 bits per heavy atom. The van der Waals surface area contributed by atoms with Crippen molar-refractivity contribution in [1.29, 1.82) is 0 Å². The smallest absolute Gasteiger partial charge is 0.161 e. The second-order valence-electron chi connectivity index (χ2n) is 2.59. The van der Waals surface area contributed by atoms with Crippen LogP contribution in [0.4, 0.5) is 0 Å². The first kappa shape index (κ1) is 10.5. The minimum Gasteiger partial charge on any atom is -0.242 e. The summed E-state index contributed by atoms with van der Waals surface area (Å²) < 4.78 is 0. The summed E-state index contributed by atoms with van der Waals surface area (Å²) in [6.45, 7) is 7.46. The number of hydrogen-bond donors (Lipinski definition) is 0. The Labute approximate surface area is 87.4 Å². The summed E-state index contributed by atoms with van der Waals surface area (Å²) in [6.07, 6.45) is 1.82. The summed E-state index contributed by atoms with van der Waals surface area (Å²) in [7, 11) is 0. The minimum atomic E-state index is 0.481. The third-order valence-electron chi connectivity index (χ3n) is 1.57. The lowest BCUT2D eigenvalue weighted by atomic mass is 10.4. The highest BCUT2D eigenvalue weighted by molar-refractivity contribution is 7.99. The summed E-state index contributed by atoms with van der Waals surface area (Å²) in [6, 6.07) is 0. The van der Waals surface area contributed by atoms with Crippen LogP contribution in [0, 0.1) is 13.8 Å². The van der Waals surface area contributed by atoms with E-state index in [9.17, 15) is 0 Å². The molecule has 0 fully saturated rings. The highest BCUT2D eigenvalue weighted by Crippen LogP contribution is 2.24. The van der Waals surface area contributed by atoms with Gasteiger partial charge in [0.2, 0.25) is 0 Å². The third-order valence-corrected chi connectivity index (χ3v) is 2.91. The van der Waals surface area contributed by atoms with Gasteiger partial charge in [-0.1, -0.05) is 29.4 Å². The molecule has 1 rings (SSSR count). The van der Waals surface area contributed by atoms with Crippen LogP contribution in [0.2, 0.25) is 5.15 Å². The van der Waals surface area contributed by atoms with E-state index in [0.29, 0.717) is 5.15 Å². The van der Waals surface area contributed by atoms with Crippen molar-refractivity contribution in [3.05, 3.63) is 29.2 Å². The van der Waals surface area contributed by atoms with Crippen LogP contribution in [0.25, 0.3) is 0 Å². The predicted octanol–water partition coefficient (Wildman–Crippen LogP) is 3.02. The van der Waals surface area contributed by atoms with Gasteiger partial charge in [-0.25, -0.2) is 9.97 Å². The van der Waals surface area contributed by atoms with Crippen molar-refractivity contribution in [3.8, 4) is 0 Å². The maximum absolute atomic E-state index is 5.91. The fraction of sp³-hybridized carbons (Fsp3) is 0.333. The van der Waals surface area contributed by atoms with Gasteiger partial charge >= 0.3 is 0 Å². The second-order valence-corrected chi connectivity index (χ2v) is 3.96. The maximum Gasteiger partial charge on any atom is 0.161 e. The third kappa shape index (κ3) is 2.71. The number of aryl methyl sites for hydroxylation is 2. The van der Waals surface area contributed by atoms with Gasteiger partial charge in [-0.2, -0.15) is 0 Å². The molecule has 1 aromatic heterocycles. The molecule has 1 heterocycles.